The maximum Gasteiger partial charge on any atom is 0.337 e. The molecule has 2 heterocycles. The lowest BCUT2D eigenvalue weighted by Gasteiger charge is -2.28. The van der Waals surface area contributed by atoms with Crippen LogP contribution in [-0.4, -0.2) is 26.2 Å². The van der Waals surface area contributed by atoms with E-state index in [0.29, 0.717) is 27.9 Å². The molecule has 0 unspecified atom stereocenters. The SMILES string of the molecule is Cc1ccc(-c2c([C@H](OC(C)(C)C)C(=O)O)c(C)nc3c2ccn3Cc2ccc(F)c(F)c2)c(F)c1. The van der Waals surface area contributed by atoms with E-state index in [0.717, 1.165) is 17.7 Å². The van der Waals surface area contributed by atoms with Gasteiger partial charge in [0.15, 0.2) is 17.7 Å². The highest BCUT2D eigenvalue weighted by molar-refractivity contribution is 5.98. The third-order valence-electron chi connectivity index (χ3n) is 5.82. The Balaban J connectivity index is 1.99. The first-order valence-corrected chi connectivity index (χ1v) is 11.5. The molecule has 1 N–H and O–H groups in total. The van der Waals surface area contributed by atoms with Gasteiger partial charge in [0.2, 0.25) is 0 Å². The van der Waals surface area contributed by atoms with Crippen molar-refractivity contribution in [3.8, 4) is 11.1 Å². The molecule has 0 saturated carbocycles. The summed E-state index contributed by atoms with van der Waals surface area (Å²) >= 11 is 0. The number of pyridine rings is 1. The maximum absolute atomic E-state index is 15.3. The fourth-order valence-corrected chi connectivity index (χ4v) is 4.31. The number of fused-ring (bicyclic) bond motifs is 1. The molecule has 4 aromatic rings. The summed E-state index contributed by atoms with van der Waals surface area (Å²) in [4.78, 5) is 17.0. The number of hydrogen-bond acceptors (Lipinski definition) is 3. The summed E-state index contributed by atoms with van der Waals surface area (Å²) in [7, 11) is 0. The van der Waals surface area contributed by atoms with Crippen molar-refractivity contribution < 1.29 is 27.8 Å². The molecule has 2 aromatic heterocycles. The van der Waals surface area contributed by atoms with Gasteiger partial charge in [-0.2, -0.15) is 0 Å². The van der Waals surface area contributed by atoms with Crippen molar-refractivity contribution in [3.05, 3.63) is 88.5 Å². The lowest BCUT2D eigenvalue weighted by Crippen LogP contribution is -2.28. The minimum Gasteiger partial charge on any atom is -0.479 e. The third kappa shape index (κ3) is 4.99. The van der Waals surface area contributed by atoms with E-state index in [4.69, 9.17) is 4.74 Å². The summed E-state index contributed by atoms with van der Waals surface area (Å²) in [6.45, 7) is 8.84. The van der Waals surface area contributed by atoms with Crippen LogP contribution in [0, 0.1) is 31.3 Å². The van der Waals surface area contributed by atoms with Gasteiger partial charge in [-0.1, -0.05) is 18.2 Å². The van der Waals surface area contributed by atoms with Crippen LogP contribution in [0.4, 0.5) is 13.2 Å². The van der Waals surface area contributed by atoms with E-state index in [1.54, 1.807) is 63.6 Å². The molecule has 0 spiro atoms. The number of nitrogens with zero attached hydrogens (tertiary/aromatic N) is 2. The second-order valence-corrected chi connectivity index (χ2v) is 9.85. The molecule has 0 bridgehead atoms. The van der Waals surface area contributed by atoms with Crippen LogP contribution in [0.25, 0.3) is 22.2 Å². The fraction of sp³-hybridized carbons (Fsp3) is 0.286. The lowest BCUT2D eigenvalue weighted by atomic mass is 9.91. The van der Waals surface area contributed by atoms with Gasteiger partial charge in [0.05, 0.1) is 5.60 Å². The number of carbonyl (C=O) groups is 1. The Kier molecular flexibility index (Phi) is 6.66. The molecule has 0 aliphatic rings. The van der Waals surface area contributed by atoms with Crippen LogP contribution in [0.3, 0.4) is 0 Å². The number of ether oxygens (including phenoxy) is 1. The highest BCUT2D eigenvalue weighted by Gasteiger charge is 2.33. The number of aliphatic carboxylic acids is 1. The summed E-state index contributed by atoms with van der Waals surface area (Å²) in [5.41, 5.74) is 2.10. The van der Waals surface area contributed by atoms with Crippen molar-refractivity contribution in [2.45, 2.75) is 52.9 Å². The molecular weight excluding hydrogens is 469 g/mol. The molecule has 2 aromatic carbocycles. The molecule has 0 radical (unpaired) electrons. The molecule has 5 nitrogen and oxygen atoms in total. The predicted molar refractivity (Wildman–Crippen MR) is 131 cm³/mol. The van der Waals surface area contributed by atoms with Gasteiger partial charge in [0.1, 0.15) is 11.5 Å². The quantitative estimate of drug-likeness (QED) is 0.322. The maximum atomic E-state index is 15.3. The zero-order chi connectivity index (χ0) is 26.4. The smallest absolute Gasteiger partial charge is 0.337 e. The minimum atomic E-state index is -1.40. The summed E-state index contributed by atoms with van der Waals surface area (Å²) in [5.74, 6) is -3.62. The molecule has 188 valence electrons. The lowest BCUT2D eigenvalue weighted by molar-refractivity contribution is -0.160. The van der Waals surface area contributed by atoms with E-state index in [1.165, 1.54) is 12.1 Å². The predicted octanol–water partition coefficient (Wildman–Crippen LogP) is 6.73. The second kappa shape index (κ2) is 9.43. The molecule has 0 amide bonds. The van der Waals surface area contributed by atoms with Crippen molar-refractivity contribution in [3.63, 3.8) is 0 Å². The number of rotatable bonds is 6. The molecular formula is C28H27F3N2O3. The van der Waals surface area contributed by atoms with E-state index >= 15 is 4.39 Å². The second-order valence-electron chi connectivity index (χ2n) is 9.85. The number of halogens is 3. The molecule has 8 heteroatoms. The Bertz CT molecular complexity index is 1470. The van der Waals surface area contributed by atoms with Crippen LogP contribution in [-0.2, 0) is 16.1 Å². The molecule has 0 aliphatic heterocycles. The van der Waals surface area contributed by atoms with Crippen LogP contribution in [0.15, 0.2) is 48.7 Å². The van der Waals surface area contributed by atoms with Crippen molar-refractivity contribution >= 4 is 17.0 Å². The average molecular weight is 497 g/mol. The number of benzene rings is 2. The monoisotopic (exact) mass is 496 g/mol. The Labute approximate surface area is 207 Å². The zero-order valence-electron chi connectivity index (χ0n) is 20.7. The van der Waals surface area contributed by atoms with Crippen LogP contribution in [0.1, 0.15) is 49.3 Å². The summed E-state index contributed by atoms with van der Waals surface area (Å²) in [6, 6.07) is 10.1. The Hall–Kier alpha value is -3.65. The standard InChI is InChI=1S/C28H27F3N2O3/c1-15-6-8-18(21(30)12-15)24-19-10-11-33(14-17-7-9-20(29)22(31)13-17)26(19)32-16(2)23(24)25(27(34)35)36-28(3,4)5/h6-13,25H,14H2,1-5H3,(H,34,35)/t25-/m0/s1. The zero-order valence-corrected chi connectivity index (χ0v) is 20.7. The molecule has 1 atom stereocenters. The van der Waals surface area contributed by atoms with Crippen LogP contribution in [0.5, 0.6) is 0 Å². The highest BCUT2D eigenvalue weighted by atomic mass is 19.2. The Morgan fingerprint density at radius 1 is 1.03 bits per heavy atom. The number of aryl methyl sites for hydroxylation is 2. The average Bonchev–Trinajstić information content (AvgIpc) is 3.15. The van der Waals surface area contributed by atoms with Crippen LogP contribution >= 0.6 is 0 Å². The van der Waals surface area contributed by atoms with Crippen LogP contribution < -0.4 is 0 Å². The Morgan fingerprint density at radius 2 is 1.75 bits per heavy atom. The highest BCUT2D eigenvalue weighted by Crippen LogP contribution is 2.40. The first kappa shape index (κ1) is 25.4. The number of aromatic nitrogens is 2. The van der Waals surface area contributed by atoms with E-state index in [1.807, 2.05) is 0 Å². The van der Waals surface area contributed by atoms with Gasteiger partial charge >= 0.3 is 5.97 Å². The summed E-state index contributed by atoms with van der Waals surface area (Å²) in [5, 5.41) is 10.6. The van der Waals surface area contributed by atoms with E-state index in [2.05, 4.69) is 4.98 Å². The van der Waals surface area contributed by atoms with Gasteiger partial charge in [0.25, 0.3) is 0 Å². The number of hydrogen-bond donors (Lipinski definition) is 1. The summed E-state index contributed by atoms with van der Waals surface area (Å²) < 4.78 is 50.2. The van der Waals surface area contributed by atoms with Gasteiger partial charge < -0.3 is 14.4 Å². The van der Waals surface area contributed by atoms with Gasteiger partial charge in [-0.05, 0) is 70.0 Å². The van der Waals surface area contributed by atoms with Gasteiger partial charge in [-0.15, -0.1) is 0 Å². The molecule has 36 heavy (non-hydrogen) atoms. The number of carboxylic acid groups (broad SMARTS) is 1. The van der Waals surface area contributed by atoms with Crippen molar-refractivity contribution in [1.29, 1.82) is 0 Å². The van der Waals surface area contributed by atoms with Crippen molar-refractivity contribution in [1.82, 2.24) is 9.55 Å². The molecule has 4 rings (SSSR count). The first-order valence-electron chi connectivity index (χ1n) is 11.5. The topological polar surface area (TPSA) is 64.3 Å². The van der Waals surface area contributed by atoms with E-state index in [9.17, 15) is 18.7 Å². The van der Waals surface area contributed by atoms with Crippen molar-refractivity contribution in [2.75, 3.05) is 0 Å². The van der Waals surface area contributed by atoms with Gasteiger partial charge in [0, 0.05) is 40.5 Å². The van der Waals surface area contributed by atoms with Gasteiger partial charge in [-0.25, -0.2) is 22.9 Å². The van der Waals surface area contributed by atoms with Crippen molar-refractivity contribution in [2.24, 2.45) is 0 Å². The summed E-state index contributed by atoms with van der Waals surface area (Å²) in [6.07, 6.45) is 0.310. The molecule has 0 aliphatic carbocycles. The number of carboxylic acids is 1. The molecule has 0 fully saturated rings. The largest absolute Gasteiger partial charge is 0.479 e. The third-order valence-corrected chi connectivity index (χ3v) is 5.82. The minimum absolute atomic E-state index is 0.184. The van der Waals surface area contributed by atoms with E-state index < -0.39 is 35.1 Å². The van der Waals surface area contributed by atoms with E-state index in [-0.39, 0.29) is 17.7 Å². The van der Waals surface area contributed by atoms with Gasteiger partial charge in [-0.3, -0.25) is 0 Å². The first-order chi connectivity index (χ1) is 16.9. The van der Waals surface area contributed by atoms with Crippen LogP contribution in [0.2, 0.25) is 0 Å². The fourth-order valence-electron chi connectivity index (χ4n) is 4.31. The Morgan fingerprint density at radius 3 is 2.36 bits per heavy atom. The molecule has 0 saturated heterocycles. The normalized spacial score (nSPS) is 12.8.